The van der Waals surface area contributed by atoms with Gasteiger partial charge < -0.3 is 14.8 Å². The molecule has 0 unspecified atom stereocenters. The summed E-state index contributed by atoms with van der Waals surface area (Å²) in [4.78, 5) is 12.5. The Bertz CT molecular complexity index is 1080. The van der Waals surface area contributed by atoms with Crippen LogP contribution < -0.4 is 19.5 Å². The summed E-state index contributed by atoms with van der Waals surface area (Å²) < 4.78 is 38.1. The molecule has 3 aromatic carbocycles. The summed E-state index contributed by atoms with van der Waals surface area (Å²) in [5.74, 6) is 0.868. The van der Waals surface area contributed by atoms with Gasteiger partial charge >= 0.3 is 0 Å². The van der Waals surface area contributed by atoms with Crippen molar-refractivity contribution in [1.82, 2.24) is 0 Å². The van der Waals surface area contributed by atoms with Gasteiger partial charge in [0, 0.05) is 11.4 Å². The first-order valence-electron chi connectivity index (χ1n) is 9.17. The molecule has 3 rings (SSSR count). The normalized spacial score (nSPS) is 11.9. The van der Waals surface area contributed by atoms with Gasteiger partial charge in [-0.1, -0.05) is 18.2 Å². The zero-order chi connectivity index (χ0) is 21.6. The van der Waals surface area contributed by atoms with E-state index in [1.165, 1.54) is 24.3 Å². The number of methoxy groups -OCH3 is 1. The smallest absolute Gasteiger partial charge is 0.265 e. The molecule has 0 spiro atoms. The highest BCUT2D eigenvalue weighted by Gasteiger charge is 2.17. The summed E-state index contributed by atoms with van der Waals surface area (Å²) in [6.45, 7) is 1.63. The van der Waals surface area contributed by atoms with Crippen molar-refractivity contribution in [3.05, 3.63) is 78.9 Å². The highest BCUT2D eigenvalue weighted by atomic mass is 32.2. The number of nitrogens with one attached hydrogen (secondary N) is 2. The van der Waals surface area contributed by atoms with E-state index in [0.29, 0.717) is 22.9 Å². The Morgan fingerprint density at radius 1 is 0.833 bits per heavy atom. The van der Waals surface area contributed by atoms with Gasteiger partial charge in [-0.2, -0.15) is 0 Å². The topological polar surface area (TPSA) is 93.7 Å². The summed E-state index contributed by atoms with van der Waals surface area (Å²) in [5, 5.41) is 2.71. The van der Waals surface area contributed by atoms with Crippen LogP contribution in [0.5, 0.6) is 11.5 Å². The molecule has 3 aromatic rings. The third-order valence-corrected chi connectivity index (χ3v) is 5.60. The summed E-state index contributed by atoms with van der Waals surface area (Å²) in [5.41, 5.74) is 0.934. The maximum atomic E-state index is 12.5. The molecule has 0 aromatic heterocycles. The molecule has 0 heterocycles. The Kier molecular flexibility index (Phi) is 6.58. The molecule has 0 saturated carbocycles. The lowest BCUT2D eigenvalue weighted by atomic mass is 10.3. The predicted molar refractivity (Wildman–Crippen MR) is 115 cm³/mol. The highest BCUT2D eigenvalue weighted by molar-refractivity contribution is 7.92. The molecule has 8 heteroatoms. The van der Waals surface area contributed by atoms with E-state index in [-0.39, 0.29) is 10.8 Å². The van der Waals surface area contributed by atoms with Gasteiger partial charge in [-0.05, 0) is 67.6 Å². The van der Waals surface area contributed by atoms with Crippen molar-refractivity contribution in [2.24, 2.45) is 0 Å². The van der Waals surface area contributed by atoms with Crippen molar-refractivity contribution >= 4 is 27.3 Å². The minimum atomic E-state index is -3.72. The molecule has 7 nitrogen and oxygen atoms in total. The lowest BCUT2D eigenvalue weighted by Crippen LogP contribution is -2.30. The second-order valence-corrected chi connectivity index (χ2v) is 8.10. The number of hydrogen-bond acceptors (Lipinski definition) is 5. The zero-order valence-corrected chi connectivity index (χ0v) is 17.3. The first-order valence-corrected chi connectivity index (χ1v) is 10.7. The van der Waals surface area contributed by atoms with E-state index in [0.717, 1.165) is 0 Å². The van der Waals surface area contributed by atoms with Crippen LogP contribution in [0.15, 0.2) is 83.8 Å². The number of carbonyl (C=O) groups excluding carboxylic acids is 1. The first-order chi connectivity index (χ1) is 14.4. The summed E-state index contributed by atoms with van der Waals surface area (Å²) in [6, 6.07) is 21.4. The molecular formula is C22H22N2O5S. The van der Waals surface area contributed by atoms with E-state index in [2.05, 4.69) is 10.0 Å². The minimum Gasteiger partial charge on any atom is -0.497 e. The summed E-state index contributed by atoms with van der Waals surface area (Å²) in [7, 11) is -2.15. The number of hydrogen-bond donors (Lipinski definition) is 2. The van der Waals surface area contributed by atoms with Crippen LogP contribution in [0.25, 0.3) is 0 Å². The van der Waals surface area contributed by atoms with Gasteiger partial charge in [0.25, 0.3) is 15.9 Å². The van der Waals surface area contributed by atoms with E-state index >= 15 is 0 Å². The van der Waals surface area contributed by atoms with Crippen molar-refractivity contribution in [2.45, 2.75) is 17.9 Å². The summed E-state index contributed by atoms with van der Waals surface area (Å²) >= 11 is 0. The monoisotopic (exact) mass is 426 g/mol. The Hall–Kier alpha value is -3.52. The molecule has 0 fully saturated rings. The van der Waals surface area contributed by atoms with Gasteiger partial charge in [-0.15, -0.1) is 0 Å². The second-order valence-electron chi connectivity index (χ2n) is 6.42. The van der Waals surface area contributed by atoms with E-state index in [4.69, 9.17) is 9.47 Å². The fraction of sp³-hybridized carbons (Fsp3) is 0.136. The lowest BCUT2D eigenvalue weighted by Gasteiger charge is -2.15. The molecule has 0 aliphatic rings. The molecule has 30 heavy (non-hydrogen) atoms. The number of rotatable bonds is 8. The Morgan fingerprint density at radius 3 is 2.03 bits per heavy atom. The van der Waals surface area contributed by atoms with E-state index in [9.17, 15) is 13.2 Å². The number of benzene rings is 3. The van der Waals surface area contributed by atoms with Crippen LogP contribution in [0.4, 0.5) is 11.4 Å². The lowest BCUT2D eigenvalue weighted by molar-refractivity contribution is -0.122. The number of anilines is 2. The number of para-hydroxylation sites is 1. The van der Waals surface area contributed by atoms with Gasteiger partial charge in [0.1, 0.15) is 11.5 Å². The average Bonchev–Trinajstić information content (AvgIpc) is 2.75. The Labute approximate surface area is 175 Å². The van der Waals surface area contributed by atoms with Gasteiger partial charge in [0.2, 0.25) is 0 Å². The van der Waals surface area contributed by atoms with Crippen LogP contribution in [-0.4, -0.2) is 27.5 Å². The molecule has 0 aliphatic carbocycles. The van der Waals surface area contributed by atoms with Crippen molar-refractivity contribution in [2.75, 3.05) is 17.1 Å². The number of amides is 1. The van der Waals surface area contributed by atoms with E-state index in [1.807, 2.05) is 0 Å². The van der Waals surface area contributed by atoms with Gasteiger partial charge in [-0.3, -0.25) is 9.52 Å². The van der Waals surface area contributed by atoms with E-state index in [1.54, 1.807) is 68.6 Å². The first kappa shape index (κ1) is 21.2. The fourth-order valence-corrected chi connectivity index (χ4v) is 3.65. The van der Waals surface area contributed by atoms with E-state index < -0.39 is 16.1 Å². The highest BCUT2D eigenvalue weighted by Crippen LogP contribution is 2.20. The standard InChI is InChI=1S/C22H22N2O5S/c1-16(29-20-12-10-19(28-2)11-13-20)22(25)23-17-8-14-21(15-9-17)30(26,27)24-18-6-4-3-5-7-18/h3-16,24H,1-2H3,(H,23,25)/t16-/m0/s1. The Balaban J connectivity index is 1.60. The molecule has 156 valence electrons. The molecule has 0 bridgehead atoms. The van der Waals surface area contributed by atoms with Crippen LogP contribution in [0.2, 0.25) is 0 Å². The van der Waals surface area contributed by atoms with Gasteiger partial charge in [-0.25, -0.2) is 8.42 Å². The van der Waals surface area contributed by atoms with Gasteiger partial charge in [0.05, 0.1) is 12.0 Å². The summed E-state index contributed by atoms with van der Waals surface area (Å²) in [6.07, 6.45) is -0.749. The quantitative estimate of drug-likeness (QED) is 0.570. The predicted octanol–water partition coefficient (Wildman–Crippen LogP) is 3.90. The molecule has 1 atom stereocenters. The van der Waals surface area contributed by atoms with Crippen LogP contribution in [-0.2, 0) is 14.8 Å². The average molecular weight is 426 g/mol. The maximum absolute atomic E-state index is 12.5. The van der Waals surface area contributed by atoms with Crippen molar-refractivity contribution < 1.29 is 22.7 Å². The largest absolute Gasteiger partial charge is 0.497 e. The number of sulfonamides is 1. The number of ether oxygens (including phenoxy) is 2. The van der Waals surface area contributed by atoms with Crippen molar-refractivity contribution in [3.8, 4) is 11.5 Å². The zero-order valence-electron chi connectivity index (χ0n) is 16.5. The molecule has 0 aliphatic heterocycles. The molecular weight excluding hydrogens is 404 g/mol. The molecule has 1 amide bonds. The molecule has 0 saturated heterocycles. The van der Waals surface area contributed by atoms with Crippen molar-refractivity contribution in [3.63, 3.8) is 0 Å². The van der Waals surface area contributed by atoms with Crippen LogP contribution in [0, 0.1) is 0 Å². The van der Waals surface area contributed by atoms with Crippen molar-refractivity contribution in [1.29, 1.82) is 0 Å². The minimum absolute atomic E-state index is 0.0897. The Morgan fingerprint density at radius 2 is 1.43 bits per heavy atom. The third kappa shape index (κ3) is 5.51. The van der Waals surface area contributed by atoms with Gasteiger partial charge in [0.15, 0.2) is 6.10 Å². The SMILES string of the molecule is COc1ccc(O[C@@H](C)C(=O)Nc2ccc(S(=O)(=O)Nc3ccccc3)cc2)cc1. The van der Waals surface area contributed by atoms with Crippen LogP contribution >= 0.6 is 0 Å². The third-order valence-electron chi connectivity index (χ3n) is 4.20. The second kappa shape index (κ2) is 9.32. The number of carbonyl (C=O) groups is 1. The molecule has 2 N–H and O–H groups in total. The maximum Gasteiger partial charge on any atom is 0.265 e. The van der Waals surface area contributed by atoms with Crippen LogP contribution in [0.1, 0.15) is 6.92 Å². The fourth-order valence-electron chi connectivity index (χ4n) is 2.59. The molecule has 0 radical (unpaired) electrons. The van der Waals surface area contributed by atoms with Crippen LogP contribution in [0.3, 0.4) is 0 Å².